The lowest BCUT2D eigenvalue weighted by molar-refractivity contribution is -0.130. The first kappa shape index (κ1) is 21.1. The number of carbonyl (C=O) groups excluding carboxylic acids is 2. The quantitative estimate of drug-likeness (QED) is 0.422. The molecule has 1 amide bonds. The molecular formula is C25H22N2O5. The van der Waals surface area contributed by atoms with Crippen LogP contribution in [0.1, 0.15) is 33.5 Å². The predicted molar refractivity (Wildman–Crippen MR) is 117 cm³/mol. The number of benzene rings is 1. The van der Waals surface area contributed by atoms with Crippen LogP contribution < -0.4 is 4.74 Å². The fourth-order valence-electron chi connectivity index (χ4n) is 3.70. The number of rotatable bonds is 8. The topological polar surface area (TPSA) is 92.9 Å². The van der Waals surface area contributed by atoms with Gasteiger partial charge in [-0.3, -0.25) is 14.6 Å². The summed E-state index contributed by atoms with van der Waals surface area (Å²) in [5, 5.41) is 10.8. The monoisotopic (exact) mass is 430 g/mol. The molecule has 32 heavy (non-hydrogen) atoms. The zero-order chi connectivity index (χ0) is 22.7. The van der Waals surface area contributed by atoms with Crippen LogP contribution in [0.25, 0.3) is 0 Å². The summed E-state index contributed by atoms with van der Waals surface area (Å²) in [6.07, 6.45) is 4.90. The van der Waals surface area contributed by atoms with Gasteiger partial charge in [0, 0.05) is 18.9 Å². The van der Waals surface area contributed by atoms with Crippen molar-refractivity contribution in [2.24, 2.45) is 0 Å². The lowest BCUT2D eigenvalue weighted by Crippen LogP contribution is -2.30. The van der Waals surface area contributed by atoms with Crippen LogP contribution in [-0.2, 0) is 11.3 Å². The van der Waals surface area contributed by atoms with Gasteiger partial charge in [-0.05, 0) is 48.4 Å². The Labute approximate surface area is 185 Å². The Morgan fingerprint density at radius 3 is 2.81 bits per heavy atom. The van der Waals surface area contributed by atoms with Crippen molar-refractivity contribution in [2.75, 3.05) is 6.61 Å². The molecule has 0 saturated heterocycles. The summed E-state index contributed by atoms with van der Waals surface area (Å²) < 4.78 is 11.1. The lowest BCUT2D eigenvalue weighted by atomic mass is 9.94. The van der Waals surface area contributed by atoms with E-state index in [4.69, 9.17) is 9.15 Å². The van der Waals surface area contributed by atoms with Crippen molar-refractivity contribution in [1.82, 2.24) is 9.88 Å². The lowest BCUT2D eigenvalue weighted by Gasteiger charge is -2.27. The average Bonchev–Trinajstić information content (AvgIpc) is 3.35. The van der Waals surface area contributed by atoms with E-state index in [0.717, 1.165) is 5.56 Å². The molecule has 1 aliphatic rings. The molecule has 1 aromatic carbocycles. The van der Waals surface area contributed by atoms with Gasteiger partial charge in [-0.25, -0.2) is 0 Å². The smallest absolute Gasteiger partial charge is 0.290 e. The molecule has 1 atom stereocenters. The second-order valence-electron chi connectivity index (χ2n) is 7.37. The standard InChI is InChI=1S/C25H22N2O5/c1-3-12-31-19-8-4-7-18(13-19)22-21(23(28)20-10-9-16(2)32-20)24(29)25(30)27(22)15-17-6-5-11-26-14-17/h3-11,13-14,22,29H,1,12,15H2,2H3/t22-/m1/s1. The van der Waals surface area contributed by atoms with E-state index >= 15 is 0 Å². The summed E-state index contributed by atoms with van der Waals surface area (Å²) in [5.74, 6) is -0.591. The molecular weight excluding hydrogens is 408 g/mol. The Hall–Kier alpha value is -4.13. The third kappa shape index (κ3) is 4.05. The second-order valence-corrected chi connectivity index (χ2v) is 7.37. The second kappa shape index (κ2) is 8.93. The van der Waals surface area contributed by atoms with Crippen molar-refractivity contribution in [1.29, 1.82) is 0 Å². The molecule has 7 heteroatoms. The van der Waals surface area contributed by atoms with E-state index in [1.54, 1.807) is 61.8 Å². The maximum absolute atomic E-state index is 13.3. The van der Waals surface area contributed by atoms with Gasteiger partial charge in [0.1, 0.15) is 18.1 Å². The Kier molecular flexibility index (Phi) is 5.89. The molecule has 7 nitrogen and oxygen atoms in total. The van der Waals surface area contributed by atoms with Gasteiger partial charge in [-0.1, -0.05) is 30.9 Å². The minimum absolute atomic E-state index is 0.0332. The number of aromatic nitrogens is 1. The first-order valence-electron chi connectivity index (χ1n) is 10.1. The van der Waals surface area contributed by atoms with E-state index < -0.39 is 23.5 Å². The van der Waals surface area contributed by atoms with Crippen molar-refractivity contribution >= 4 is 11.7 Å². The Morgan fingerprint density at radius 1 is 1.28 bits per heavy atom. The fourth-order valence-corrected chi connectivity index (χ4v) is 3.70. The number of pyridine rings is 1. The summed E-state index contributed by atoms with van der Waals surface area (Å²) in [6, 6.07) is 13.0. The van der Waals surface area contributed by atoms with Gasteiger partial charge in [0.25, 0.3) is 5.91 Å². The number of hydrogen-bond acceptors (Lipinski definition) is 6. The van der Waals surface area contributed by atoms with E-state index in [1.165, 1.54) is 11.0 Å². The highest BCUT2D eigenvalue weighted by Gasteiger charge is 2.44. The number of aliphatic hydroxyl groups excluding tert-OH is 1. The minimum atomic E-state index is -0.826. The molecule has 0 radical (unpaired) electrons. The van der Waals surface area contributed by atoms with Crippen molar-refractivity contribution in [3.63, 3.8) is 0 Å². The molecule has 4 rings (SSSR count). The summed E-state index contributed by atoms with van der Waals surface area (Å²) in [4.78, 5) is 31.9. The normalized spacial score (nSPS) is 15.8. The molecule has 0 spiro atoms. The summed E-state index contributed by atoms with van der Waals surface area (Å²) in [6.45, 7) is 5.84. The van der Waals surface area contributed by atoms with Crippen LogP contribution in [0, 0.1) is 6.92 Å². The first-order chi connectivity index (χ1) is 15.5. The Balaban J connectivity index is 1.79. The van der Waals surface area contributed by atoms with Crippen molar-refractivity contribution in [2.45, 2.75) is 19.5 Å². The van der Waals surface area contributed by atoms with Crippen LogP contribution in [0.15, 0.2) is 89.3 Å². The summed E-state index contributed by atoms with van der Waals surface area (Å²) in [5.41, 5.74) is 1.36. The van der Waals surface area contributed by atoms with Gasteiger partial charge < -0.3 is 19.2 Å². The molecule has 0 saturated carbocycles. The maximum atomic E-state index is 13.3. The molecule has 3 aromatic rings. The molecule has 0 bridgehead atoms. The molecule has 162 valence electrons. The number of nitrogens with zero attached hydrogens (tertiary/aromatic N) is 2. The number of aliphatic hydroxyl groups is 1. The fraction of sp³-hybridized carbons (Fsp3) is 0.160. The van der Waals surface area contributed by atoms with E-state index in [2.05, 4.69) is 11.6 Å². The SMILES string of the molecule is C=CCOc1cccc([C@@H]2C(C(=O)c3ccc(C)o3)=C(O)C(=O)N2Cc2cccnc2)c1. The van der Waals surface area contributed by atoms with Gasteiger partial charge in [0.2, 0.25) is 5.78 Å². The van der Waals surface area contributed by atoms with E-state index in [9.17, 15) is 14.7 Å². The highest BCUT2D eigenvalue weighted by molar-refractivity contribution is 6.15. The predicted octanol–water partition coefficient (Wildman–Crippen LogP) is 4.33. The van der Waals surface area contributed by atoms with Gasteiger partial charge in [0.05, 0.1) is 11.6 Å². The highest BCUT2D eigenvalue weighted by Crippen LogP contribution is 2.40. The third-order valence-electron chi connectivity index (χ3n) is 5.13. The highest BCUT2D eigenvalue weighted by atomic mass is 16.5. The van der Waals surface area contributed by atoms with Crippen LogP contribution in [0.5, 0.6) is 5.75 Å². The third-order valence-corrected chi connectivity index (χ3v) is 5.13. The number of ether oxygens (including phenoxy) is 1. The summed E-state index contributed by atoms with van der Waals surface area (Å²) >= 11 is 0. The van der Waals surface area contributed by atoms with Crippen molar-refractivity contribution < 1.29 is 23.8 Å². The van der Waals surface area contributed by atoms with Crippen molar-refractivity contribution in [3.05, 3.63) is 108 Å². The van der Waals surface area contributed by atoms with Crippen LogP contribution in [0.4, 0.5) is 0 Å². The average molecular weight is 430 g/mol. The number of ketones is 1. The van der Waals surface area contributed by atoms with Gasteiger partial charge in [-0.2, -0.15) is 0 Å². The molecule has 0 aliphatic carbocycles. The van der Waals surface area contributed by atoms with Crippen LogP contribution in [0.3, 0.4) is 0 Å². The molecule has 0 unspecified atom stereocenters. The number of furan rings is 1. The molecule has 1 aliphatic heterocycles. The van der Waals surface area contributed by atoms with Crippen LogP contribution in [-0.4, -0.2) is 33.3 Å². The van der Waals surface area contributed by atoms with Crippen LogP contribution in [0.2, 0.25) is 0 Å². The van der Waals surface area contributed by atoms with Gasteiger partial charge in [0.15, 0.2) is 11.5 Å². The molecule has 0 fully saturated rings. The first-order valence-corrected chi connectivity index (χ1v) is 10.1. The largest absolute Gasteiger partial charge is 0.503 e. The molecule has 3 heterocycles. The number of hydrogen-bond donors (Lipinski definition) is 1. The molecule has 1 N–H and O–H groups in total. The number of carbonyl (C=O) groups is 2. The molecule has 2 aromatic heterocycles. The Bertz CT molecular complexity index is 1200. The van der Waals surface area contributed by atoms with Crippen molar-refractivity contribution in [3.8, 4) is 5.75 Å². The van der Waals surface area contributed by atoms with Gasteiger partial charge in [-0.15, -0.1) is 0 Å². The number of amides is 1. The van der Waals surface area contributed by atoms with E-state index in [0.29, 0.717) is 23.7 Å². The van der Waals surface area contributed by atoms with E-state index in [1.807, 2.05) is 6.07 Å². The van der Waals surface area contributed by atoms with Crippen LogP contribution >= 0.6 is 0 Å². The van der Waals surface area contributed by atoms with E-state index in [-0.39, 0.29) is 17.9 Å². The van der Waals surface area contributed by atoms with Gasteiger partial charge >= 0.3 is 0 Å². The minimum Gasteiger partial charge on any atom is -0.503 e. The summed E-state index contributed by atoms with van der Waals surface area (Å²) in [7, 11) is 0. The number of aryl methyl sites for hydroxylation is 1. The Morgan fingerprint density at radius 2 is 2.12 bits per heavy atom. The maximum Gasteiger partial charge on any atom is 0.290 e. The number of Topliss-reactive ketones (excluding diaryl/α,β-unsaturated/α-hetero) is 1. The zero-order valence-corrected chi connectivity index (χ0v) is 17.5. The zero-order valence-electron chi connectivity index (χ0n) is 17.5.